The minimum atomic E-state index is 0.143. The van der Waals surface area contributed by atoms with Gasteiger partial charge in [-0.05, 0) is 91.1 Å². The van der Waals surface area contributed by atoms with Gasteiger partial charge in [-0.2, -0.15) is 0 Å². The predicted molar refractivity (Wildman–Crippen MR) is 106 cm³/mol. The summed E-state index contributed by atoms with van der Waals surface area (Å²) < 4.78 is 0. The molecule has 0 spiro atoms. The SMILES string of the molecule is CNC(C)(C)Cc1cccc(N2CCC(CNC(C)(C)C)CC2)c1. The Labute approximate surface area is 149 Å². The number of nitrogens with one attached hydrogen (secondary N) is 2. The van der Waals surface area contributed by atoms with Gasteiger partial charge in [-0.25, -0.2) is 0 Å². The van der Waals surface area contributed by atoms with E-state index in [1.165, 1.54) is 37.2 Å². The lowest BCUT2D eigenvalue weighted by Gasteiger charge is -2.35. The Hall–Kier alpha value is -1.06. The van der Waals surface area contributed by atoms with Crippen molar-refractivity contribution in [2.24, 2.45) is 5.92 Å². The molecule has 0 amide bonds. The van der Waals surface area contributed by atoms with Crippen LogP contribution >= 0.6 is 0 Å². The molecule has 1 saturated heterocycles. The zero-order valence-electron chi connectivity index (χ0n) is 16.6. The van der Waals surface area contributed by atoms with E-state index >= 15 is 0 Å². The van der Waals surface area contributed by atoms with Crippen LogP contribution in [0.15, 0.2) is 24.3 Å². The zero-order chi connectivity index (χ0) is 17.8. The van der Waals surface area contributed by atoms with Crippen molar-refractivity contribution in [1.29, 1.82) is 0 Å². The third-order valence-corrected chi connectivity index (χ3v) is 5.13. The number of hydrogen-bond acceptors (Lipinski definition) is 3. The van der Waals surface area contributed by atoms with Crippen molar-refractivity contribution in [1.82, 2.24) is 10.6 Å². The second kappa shape index (κ2) is 7.88. The van der Waals surface area contributed by atoms with Crippen molar-refractivity contribution in [3.05, 3.63) is 29.8 Å². The number of hydrogen-bond donors (Lipinski definition) is 2. The highest BCUT2D eigenvalue weighted by Gasteiger charge is 2.22. The number of benzene rings is 1. The van der Waals surface area contributed by atoms with Gasteiger partial charge >= 0.3 is 0 Å². The van der Waals surface area contributed by atoms with Crippen LogP contribution in [0, 0.1) is 5.92 Å². The van der Waals surface area contributed by atoms with E-state index in [0.717, 1.165) is 18.9 Å². The van der Waals surface area contributed by atoms with Gasteiger partial charge in [-0.1, -0.05) is 12.1 Å². The van der Waals surface area contributed by atoms with Crippen LogP contribution in [0.1, 0.15) is 53.0 Å². The number of rotatable bonds is 6. The lowest BCUT2D eigenvalue weighted by atomic mass is 9.93. The van der Waals surface area contributed by atoms with E-state index in [1.807, 2.05) is 7.05 Å². The molecule has 0 atom stereocenters. The van der Waals surface area contributed by atoms with E-state index in [9.17, 15) is 0 Å². The van der Waals surface area contributed by atoms with Gasteiger partial charge in [0.25, 0.3) is 0 Å². The van der Waals surface area contributed by atoms with Crippen LogP contribution in [0.5, 0.6) is 0 Å². The Morgan fingerprint density at radius 1 is 1.08 bits per heavy atom. The van der Waals surface area contributed by atoms with Crippen LogP contribution < -0.4 is 15.5 Å². The Kier molecular flexibility index (Phi) is 6.33. The molecule has 0 radical (unpaired) electrons. The van der Waals surface area contributed by atoms with Crippen LogP contribution in [-0.2, 0) is 6.42 Å². The average molecular weight is 332 g/mol. The zero-order valence-corrected chi connectivity index (χ0v) is 16.6. The summed E-state index contributed by atoms with van der Waals surface area (Å²) in [7, 11) is 2.04. The summed E-state index contributed by atoms with van der Waals surface area (Å²) in [6.07, 6.45) is 3.63. The van der Waals surface area contributed by atoms with Crippen molar-refractivity contribution in [3.8, 4) is 0 Å². The summed E-state index contributed by atoms with van der Waals surface area (Å²) in [5, 5.41) is 7.06. The first kappa shape index (κ1) is 19.3. The summed E-state index contributed by atoms with van der Waals surface area (Å²) in [4.78, 5) is 2.56. The van der Waals surface area contributed by atoms with Crippen molar-refractivity contribution in [3.63, 3.8) is 0 Å². The number of likely N-dealkylation sites (N-methyl/N-ethyl adjacent to an activating group) is 1. The molecule has 136 valence electrons. The van der Waals surface area contributed by atoms with E-state index in [4.69, 9.17) is 0 Å². The van der Waals surface area contributed by atoms with Crippen LogP contribution in [0.2, 0.25) is 0 Å². The Balaban J connectivity index is 1.90. The van der Waals surface area contributed by atoms with Crippen molar-refractivity contribution in [2.75, 3.05) is 31.6 Å². The minimum Gasteiger partial charge on any atom is -0.372 e. The quantitative estimate of drug-likeness (QED) is 0.829. The molecular formula is C21H37N3. The van der Waals surface area contributed by atoms with Gasteiger partial charge in [0.15, 0.2) is 0 Å². The highest BCUT2D eigenvalue weighted by Crippen LogP contribution is 2.25. The monoisotopic (exact) mass is 331 g/mol. The summed E-state index contributed by atoms with van der Waals surface area (Å²) in [5.74, 6) is 0.812. The highest BCUT2D eigenvalue weighted by molar-refractivity contribution is 5.49. The van der Waals surface area contributed by atoms with Gasteiger partial charge in [0.2, 0.25) is 0 Å². The fourth-order valence-corrected chi connectivity index (χ4v) is 3.31. The molecular weight excluding hydrogens is 294 g/mol. The van der Waals surface area contributed by atoms with Gasteiger partial charge in [0, 0.05) is 29.9 Å². The third kappa shape index (κ3) is 6.10. The summed E-state index contributed by atoms with van der Waals surface area (Å²) in [5.41, 5.74) is 3.18. The predicted octanol–water partition coefficient (Wildman–Crippen LogP) is 3.83. The maximum atomic E-state index is 3.66. The van der Waals surface area contributed by atoms with E-state index < -0.39 is 0 Å². The van der Waals surface area contributed by atoms with E-state index in [2.05, 4.69) is 74.4 Å². The minimum absolute atomic E-state index is 0.143. The molecule has 2 N–H and O–H groups in total. The van der Waals surface area contributed by atoms with Gasteiger partial charge in [-0.3, -0.25) is 0 Å². The van der Waals surface area contributed by atoms with E-state index in [1.54, 1.807) is 0 Å². The van der Waals surface area contributed by atoms with Gasteiger partial charge in [-0.15, -0.1) is 0 Å². The molecule has 24 heavy (non-hydrogen) atoms. The van der Waals surface area contributed by atoms with Crippen molar-refractivity contribution < 1.29 is 0 Å². The smallest absolute Gasteiger partial charge is 0.0368 e. The molecule has 3 nitrogen and oxygen atoms in total. The Morgan fingerprint density at radius 3 is 2.33 bits per heavy atom. The summed E-state index contributed by atoms with van der Waals surface area (Å²) in [6, 6.07) is 9.11. The first-order valence-corrected chi connectivity index (χ1v) is 9.46. The van der Waals surface area contributed by atoms with Crippen LogP contribution in [0.4, 0.5) is 5.69 Å². The van der Waals surface area contributed by atoms with E-state index in [-0.39, 0.29) is 11.1 Å². The molecule has 2 rings (SSSR count). The van der Waals surface area contributed by atoms with Crippen molar-refractivity contribution in [2.45, 2.75) is 65.0 Å². The maximum Gasteiger partial charge on any atom is 0.0368 e. The number of piperidine rings is 1. The maximum absolute atomic E-state index is 3.66. The average Bonchev–Trinajstić information content (AvgIpc) is 2.53. The van der Waals surface area contributed by atoms with Gasteiger partial charge < -0.3 is 15.5 Å². The fourth-order valence-electron chi connectivity index (χ4n) is 3.31. The lowest BCUT2D eigenvalue weighted by molar-refractivity contribution is 0.329. The standard InChI is InChI=1S/C21H37N3/c1-20(2,3)23-16-17-10-12-24(13-11-17)19-9-7-8-18(14-19)15-21(4,5)22-6/h7-9,14,17,22-23H,10-13,15-16H2,1-6H3. The summed E-state index contributed by atoms with van der Waals surface area (Å²) >= 11 is 0. The van der Waals surface area contributed by atoms with Crippen molar-refractivity contribution >= 4 is 5.69 Å². The molecule has 1 aliphatic rings. The van der Waals surface area contributed by atoms with Crippen LogP contribution in [-0.4, -0.2) is 37.8 Å². The highest BCUT2D eigenvalue weighted by atomic mass is 15.1. The molecule has 0 aromatic heterocycles. The molecule has 0 unspecified atom stereocenters. The molecule has 0 aliphatic carbocycles. The number of nitrogens with zero attached hydrogens (tertiary/aromatic N) is 1. The third-order valence-electron chi connectivity index (χ3n) is 5.13. The molecule has 3 heteroatoms. The van der Waals surface area contributed by atoms with Crippen LogP contribution in [0.3, 0.4) is 0 Å². The molecule has 0 saturated carbocycles. The molecule has 1 fully saturated rings. The molecule has 1 aliphatic heterocycles. The normalized spacial score (nSPS) is 17.3. The molecule has 1 aromatic rings. The largest absolute Gasteiger partial charge is 0.372 e. The molecule has 0 bridgehead atoms. The lowest BCUT2D eigenvalue weighted by Crippen LogP contribution is -2.43. The van der Waals surface area contributed by atoms with Gasteiger partial charge in [0.1, 0.15) is 0 Å². The van der Waals surface area contributed by atoms with Crippen LogP contribution in [0.25, 0.3) is 0 Å². The first-order valence-electron chi connectivity index (χ1n) is 9.46. The topological polar surface area (TPSA) is 27.3 Å². The first-order chi connectivity index (χ1) is 11.2. The molecule has 1 heterocycles. The summed E-state index contributed by atoms with van der Waals surface area (Å²) in [6.45, 7) is 14.8. The molecule has 1 aromatic carbocycles. The van der Waals surface area contributed by atoms with Gasteiger partial charge in [0.05, 0.1) is 0 Å². The Bertz CT molecular complexity index is 508. The van der Waals surface area contributed by atoms with E-state index in [0.29, 0.717) is 0 Å². The number of anilines is 1. The Morgan fingerprint density at radius 2 is 1.75 bits per heavy atom. The second-order valence-corrected chi connectivity index (χ2v) is 9.04. The fraction of sp³-hybridized carbons (Fsp3) is 0.714. The second-order valence-electron chi connectivity index (χ2n) is 9.04.